The molecule has 4 aliphatic rings. The van der Waals surface area contributed by atoms with Crippen molar-refractivity contribution in [1.82, 2.24) is 0 Å². The van der Waals surface area contributed by atoms with E-state index in [1.54, 1.807) is 11.8 Å². The minimum atomic E-state index is -0.717. The SMILES string of the molecule is Cc1ccc(N2N=C3C(=O)OC[C@@]34S[C@H]3[C@H](C(C(=O)OCc5ccccc5)=NN3c3ccccc3)[C@@H]24)cc1. The first-order valence-electron chi connectivity index (χ1n) is 12.5. The molecule has 4 heterocycles. The Morgan fingerprint density at radius 3 is 2.39 bits per heavy atom. The van der Waals surface area contributed by atoms with Gasteiger partial charge in [-0.15, -0.1) is 11.8 Å². The van der Waals surface area contributed by atoms with Crippen LogP contribution < -0.4 is 10.0 Å². The Labute approximate surface area is 223 Å². The Morgan fingerprint density at radius 1 is 0.974 bits per heavy atom. The van der Waals surface area contributed by atoms with Crippen molar-refractivity contribution in [2.45, 2.75) is 29.7 Å². The summed E-state index contributed by atoms with van der Waals surface area (Å²) in [6.07, 6.45) is 0. The highest BCUT2D eigenvalue weighted by Gasteiger charge is 2.72. The lowest BCUT2D eigenvalue weighted by molar-refractivity contribution is -0.137. The lowest BCUT2D eigenvalue weighted by Gasteiger charge is -2.31. The molecule has 7 rings (SSSR count). The largest absolute Gasteiger partial charge is 0.459 e. The van der Waals surface area contributed by atoms with Gasteiger partial charge in [0.2, 0.25) is 0 Å². The smallest absolute Gasteiger partial charge is 0.356 e. The normalized spacial score (nSPS) is 26.9. The number of rotatable bonds is 5. The van der Waals surface area contributed by atoms with Crippen molar-refractivity contribution in [3.63, 3.8) is 0 Å². The first kappa shape index (κ1) is 23.0. The molecule has 9 heteroatoms. The van der Waals surface area contributed by atoms with E-state index in [0.29, 0.717) is 11.4 Å². The lowest BCUT2D eigenvalue weighted by Crippen LogP contribution is -2.50. The topological polar surface area (TPSA) is 83.8 Å². The molecule has 0 N–H and O–H groups in total. The van der Waals surface area contributed by atoms with Gasteiger partial charge in [-0.1, -0.05) is 66.2 Å². The monoisotopic (exact) mass is 524 g/mol. The number of hydrogen-bond acceptors (Lipinski definition) is 9. The minimum Gasteiger partial charge on any atom is -0.459 e. The molecular formula is C29H24N4O4S. The van der Waals surface area contributed by atoms with E-state index in [0.717, 1.165) is 22.5 Å². The molecule has 4 atom stereocenters. The quantitative estimate of drug-likeness (QED) is 0.464. The van der Waals surface area contributed by atoms with Crippen LogP contribution in [-0.2, 0) is 25.7 Å². The van der Waals surface area contributed by atoms with E-state index in [4.69, 9.17) is 19.7 Å². The van der Waals surface area contributed by atoms with Gasteiger partial charge in [0.1, 0.15) is 23.3 Å². The molecule has 0 aliphatic carbocycles. The fraction of sp³-hybridized carbons (Fsp3) is 0.241. The van der Waals surface area contributed by atoms with Crippen LogP contribution in [0.5, 0.6) is 0 Å². The molecule has 190 valence electrons. The number of carbonyl (C=O) groups is 2. The van der Waals surface area contributed by atoms with Gasteiger partial charge in [-0.3, -0.25) is 10.0 Å². The third-order valence-electron chi connectivity index (χ3n) is 7.45. The molecule has 38 heavy (non-hydrogen) atoms. The van der Waals surface area contributed by atoms with Crippen molar-refractivity contribution < 1.29 is 19.1 Å². The van der Waals surface area contributed by atoms with Gasteiger partial charge in [-0.2, -0.15) is 10.2 Å². The van der Waals surface area contributed by atoms with Crippen LogP contribution in [0.15, 0.2) is 95.1 Å². The summed E-state index contributed by atoms with van der Waals surface area (Å²) in [5, 5.41) is 13.2. The molecule has 0 aromatic heterocycles. The van der Waals surface area contributed by atoms with Gasteiger partial charge in [0.25, 0.3) is 0 Å². The molecule has 0 radical (unpaired) electrons. The summed E-state index contributed by atoms with van der Waals surface area (Å²) in [6.45, 7) is 2.37. The highest BCUT2D eigenvalue weighted by atomic mass is 32.2. The Balaban J connectivity index is 1.30. The van der Waals surface area contributed by atoms with Gasteiger partial charge < -0.3 is 9.47 Å². The second-order valence-electron chi connectivity index (χ2n) is 9.80. The van der Waals surface area contributed by atoms with Crippen LogP contribution in [0.4, 0.5) is 11.4 Å². The molecule has 2 fully saturated rings. The van der Waals surface area contributed by atoms with Crippen LogP contribution in [0.3, 0.4) is 0 Å². The highest BCUT2D eigenvalue weighted by molar-refractivity contribution is 8.02. The predicted octanol–water partition coefficient (Wildman–Crippen LogP) is 4.14. The van der Waals surface area contributed by atoms with Gasteiger partial charge in [0.15, 0.2) is 11.4 Å². The molecule has 3 aromatic carbocycles. The van der Waals surface area contributed by atoms with Crippen LogP contribution in [0.1, 0.15) is 11.1 Å². The molecule has 0 bridgehead atoms. The number of cyclic esters (lactones) is 1. The summed E-state index contributed by atoms with van der Waals surface area (Å²) in [7, 11) is 0. The average molecular weight is 525 g/mol. The zero-order valence-electron chi connectivity index (χ0n) is 20.6. The highest BCUT2D eigenvalue weighted by Crippen LogP contribution is 2.59. The van der Waals surface area contributed by atoms with E-state index in [1.807, 2.05) is 102 Å². The molecule has 2 saturated heterocycles. The van der Waals surface area contributed by atoms with E-state index in [-0.39, 0.29) is 30.5 Å². The molecule has 3 aromatic rings. The van der Waals surface area contributed by atoms with Crippen LogP contribution >= 0.6 is 11.8 Å². The number of benzene rings is 3. The minimum absolute atomic E-state index is 0.148. The van der Waals surface area contributed by atoms with E-state index in [9.17, 15) is 9.59 Å². The molecule has 0 unspecified atom stereocenters. The van der Waals surface area contributed by atoms with Crippen LogP contribution in [0.25, 0.3) is 0 Å². The summed E-state index contributed by atoms with van der Waals surface area (Å²) < 4.78 is 10.6. The van der Waals surface area contributed by atoms with Crippen LogP contribution in [0.2, 0.25) is 0 Å². The van der Waals surface area contributed by atoms with E-state index in [2.05, 4.69) is 0 Å². The number of hydrazone groups is 2. The molecule has 4 aliphatic heterocycles. The van der Waals surface area contributed by atoms with Crippen molar-refractivity contribution in [3.05, 3.63) is 96.1 Å². The summed E-state index contributed by atoms with van der Waals surface area (Å²) in [5.41, 5.74) is 4.46. The Bertz CT molecular complexity index is 1480. The first-order valence-corrected chi connectivity index (χ1v) is 13.4. The second kappa shape index (κ2) is 8.73. The maximum absolute atomic E-state index is 13.6. The van der Waals surface area contributed by atoms with Crippen molar-refractivity contribution >= 4 is 46.5 Å². The number of aryl methyl sites for hydroxylation is 1. The van der Waals surface area contributed by atoms with Gasteiger partial charge >= 0.3 is 11.9 Å². The Hall–Kier alpha value is -4.11. The average Bonchev–Trinajstić information content (AvgIpc) is 3.65. The van der Waals surface area contributed by atoms with E-state index < -0.39 is 16.7 Å². The number of para-hydroxylation sites is 1. The number of esters is 2. The van der Waals surface area contributed by atoms with Crippen molar-refractivity contribution in [2.75, 3.05) is 16.6 Å². The third kappa shape index (κ3) is 3.45. The van der Waals surface area contributed by atoms with Crippen molar-refractivity contribution in [1.29, 1.82) is 0 Å². The fourth-order valence-corrected chi connectivity index (χ4v) is 7.52. The third-order valence-corrected chi connectivity index (χ3v) is 9.16. The molecule has 0 amide bonds. The number of ether oxygens (including phenoxy) is 2. The molecular weight excluding hydrogens is 500 g/mol. The second-order valence-corrected chi connectivity index (χ2v) is 11.2. The number of hydrogen-bond donors (Lipinski definition) is 0. The predicted molar refractivity (Wildman–Crippen MR) is 146 cm³/mol. The van der Waals surface area contributed by atoms with Crippen molar-refractivity contribution in [3.8, 4) is 0 Å². The van der Waals surface area contributed by atoms with Crippen molar-refractivity contribution in [2.24, 2.45) is 16.1 Å². The number of thioether (sulfide) groups is 1. The van der Waals surface area contributed by atoms with Gasteiger partial charge in [0.05, 0.1) is 23.3 Å². The maximum Gasteiger partial charge on any atom is 0.356 e. The summed E-state index contributed by atoms with van der Waals surface area (Å²) in [5.74, 6) is -1.25. The van der Waals surface area contributed by atoms with Gasteiger partial charge in [0, 0.05) is 0 Å². The zero-order chi connectivity index (χ0) is 25.9. The number of fused-ring (bicyclic) bond motifs is 2. The molecule has 0 saturated carbocycles. The summed E-state index contributed by atoms with van der Waals surface area (Å²) >= 11 is 1.60. The number of anilines is 2. The van der Waals surface area contributed by atoms with Crippen LogP contribution in [0, 0.1) is 12.8 Å². The standard InChI is InChI=1S/C29H24N4O4S/c1-18-12-14-21(15-13-18)32-25-22-23(27(34)36-16-19-8-4-2-5-9-19)30-33(20-10-6-3-7-11-20)26(22)38-29(25)17-37-28(35)24(29)31-32/h2-15,22,25-26H,16-17H2,1H3/t22-,25-,26+,29-/m1/s1. The Morgan fingerprint density at radius 2 is 1.66 bits per heavy atom. The first-order chi connectivity index (χ1) is 18.5. The number of carbonyl (C=O) groups excluding carboxylic acids is 2. The maximum atomic E-state index is 13.6. The van der Waals surface area contributed by atoms with Gasteiger partial charge in [-0.25, -0.2) is 9.59 Å². The number of nitrogens with zero attached hydrogens (tertiary/aromatic N) is 4. The molecule has 1 spiro atoms. The van der Waals surface area contributed by atoms with Crippen LogP contribution in [-0.4, -0.2) is 46.1 Å². The summed E-state index contributed by atoms with van der Waals surface area (Å²) in [6, 6.07) is 27.0. The Kier molecular flexibility index (Phi) is 5.29. The van der Waals surface area contributed by atoms with E-state index in [1.165, 1.54) is 0 Å². The zero-order valence-corrected chi connectivity index (χ0v) is 21.4. The van der Waals surface area contributed by atoms with E-state index >= 15 is 0 Å². The fourth-order valence-electron chi connectivity index (χ4n) is 5.65. The lowest BCUT2D eigenvalue weighted by atomic mass is 9.84. The summed E-state index contributed by atoms with van der Waals surface area (Å²) in [4.78, 5) is 26.5. The molecule has 8 nitrogen and oxygen atoms in total. The van der Waals surface area contributed by atoms with Gasteiger partial charge in [-0.05, 0) is 36.8 Å².